The SMILES string of the molecule is CC(NC(=O)CNC(=O)c1ccc(Cl)cc1)c1cccc2ccccc12. The van der Waals surface area contributed by atoms with E-state index in [9.17, 15) is 9.59 Å². The van der Waals surface area contributed by atoms with Gasteiger partial charge in [0.15, 0.2) is 0 Å². The molecule has 0 saturated heterocycles. The smallest absolute Gasteiger partial charge is 0.251 e. The van der Waals surface area contributed by atoms with Gasteiger partial charge in [0.1, 0.15) is 0 Å². The summed E-state index contributed by atoms with van der Waals surface area (Å²) in [6.07, 6.45) is 0. The Kier molecular flexibility index (Phi) is 5.54. The minimum atomic E-state index is -0.311. The van der Waals surface area contributed by atoms with E-state index in [1.165, 1.54) is 0 Å². The molecule has 1 atom stereocenters. The number of hydrogen-bond acceptors (Lipinski definition) is 2. The molecule has 0 saturated carbocycles. The first kappa shape index (κ1) is 18.0. The molecule has 4 nitrogen and oxygen atoms in total. The van der Waals surface area contributed by atoms with Gasteiger partial charge >= 0.3 is 0 Å². The Hall–Kier alpha value is -2.85. The highest BCUT2D eigenvalue weighted by atomic mass is 35.5. The van der Waals surface area contributed by atoms with Crippen LogP contribution in [0.25, 0.3) is 10.8 Å². The van der Waals surface area contributed by atoms with Crippen LogP contribution in [-0.2, 0) is 4.79 Å². The van der Waals surface area contributed by atoms with Crippen LogP contribution in [0.3, 0.4) is 0 Å². The summed E-state index contributed by atoms with van der Waals surface area (Å²) >= 11 is 5.81. The van der Waals surface area contributed by atoms with Crippen molar-refractivity contribution >= 4 is 34.2 Å². The van der Waals surface area contributed by atoms with Gasteiger partial charge in [-0.1, -0.05) is 54.1 Å². The molecule has 0 bridgehead atoms. The average molecular weight is 367 g/mol. The first-order chi connectivity index (χ1) is 12.5. The van der Waals surface area contributed by atoms with Gasteiger partial charge in [-0.25, -0.2) is 0 Å². The zero-order valence-electron chi connectivity index (χ0n) is 14.3. The third-order valence-corrected chi connectivity index (χ3v) is 4.44. The van der Waals surface area contributed by atoms with Crippen LogP contribution in [0.4, 0.5) is 0 Å². The van der Waals surface area contributed by atoms with Crippen molar-refractivity contribution in [3.63, 3.8) is 0 Å². The molecule has 0 radical (unpaired) electrons. The van der Waals surface area contributed by atoms with Gasteiger partial charge in [-0.2, -0.15) is 0 Å². The second-order valence-corrected chi connectivity index (χ2v) is 6.48. The van der Waals surface area contributed by atoms with Gasteiger partial charge in [0.2, 0.25) is 5.91 Å². The third-order valence-electron chi connectivity index (χ3n) is 4.18. The number of hydrogen-bond donors (Lipinski definition) is 2. The summed E-state index contributed by atoms with van der Waals surface area (Å²) in [5.74, 6) is -0.553. The molecule has 2 N–H and O–H groups in total. The fourth-order valence-electron chi connectivity index (χ4n) is 2.86. The molecule has 1 unspecified atom stereocenters. The van der Waals surface area contributed by atoms with Crippen molar-refractivity contribution in [3.05, 3.63) is 82.9 Å². The molecule has 0 heterocycles. The van der Waals surface area contributed by atoms with Crippen LogP contribution in [0.1, 0.15) is 28.9 Å². The van der Waals surface area contributed by atoms with E-state index < -0.39 is 0 Å². The minimum Gasteiger partial charge on any atom is -0.348 e. The fourth-order valence-corrected chi connectivity index (χ4v) is 2.99. The van der Waals surface area contributed by atoms with Crippen molar-refractivity contribution in [3.8, 4) is 0 Å². The first-order valence-electron chi connectivity index (χ1n) is 8.35. The predicted octanol–water partition coefficient (Wildman–Crippen LogP) is 4.10. The maximum absolute atomic E-state index is 12.2. The highest BCUT2D eigenvalue weighted by Gasteiger charge is 2.13. The topological polar surface area (TPSA) is 58.2 Å². The molecule has 3 rings (SSSR count). The number of benzene rings is 3. The van der Waals surface area contributed by atoms with Crippen LogP contribution >= 0.6 is 11.6 Å². The maximum Gasteiger partial charge on any atom is 0.251 e. The van der Waals surface area contributed by atoms with Gasteiger partial charge in [-0.15, -0.1) is 0 Å². The molecule has 2 amide bonds. The van der Waals surface area contributed by atoms with Gasteiger partial charge in [-0.3, -0.25) is 9.59 Å². The molecule has 0 spiro atoms. The lowest BCUT2D eigenvalue weighted by Gasteiger charge is -2.17. The quantitative estimate of drug-likeness (QED) is 0.714. The maximum atomic E-state index is 12.2. The molecule has 132 valence electrons. The lowest BCUT2D eigenvalue weighted by molar-refractivity contribution is -0.120. The number of nitrogens with one attached hydrogen (secondary N) is 2. The van der Waals surface area contributed by atoms with Gasteiger partial charge in [0, 0.05) is 10.6 Å². The zero-order valence-corrected chi connectivity index (χ0v) is 15.1. The summed E-state index contributed by atoms with van der Waals surface area (Å²) in [4.78, 5) is 24.3. The van der Waals surface area contributed by atoms with Gasteiger partial charge in [0.05, 0.1) is 12.6 Å². The molecular formula is C21H19ClN2O2. The second-order valence-electron chi connectivity index (χ2n) is 6.05. The lowest BCUT2D eigenvalue weighted by Crippen LogP contribution is -2.38. The Morgan fingerprint density at radius 1 is 0.962 bits per heavy atom. The van der Waals surface area contributed by atoms with Crippen LogP contribution in [0, 0.1) is 0 Å². The number of rotatable bonds is 5. The molecule has 0 aromatic heterocycles. The van der Waals surface area contributed by atoms with Crippen LogP contribution in [-0.4, -0.2) is 18.4 Å². The van der Waals surface area contributed by atoms with Gasteiger partial charge in [0.25, 0.3) is 5.91 Å². The van der Waals surface area contributed by atoms with Crippen LogP contribution in [0.15, 0.2) is 66.7 Å². The summed E-state index contributed by atoms with van der Waals surface area (Å²) in [5, 5.41) is 8.34. The van der Waals surface area contributed by atoms with Crippen LogP contribution in [0.2, 0.25) is 5.02 Å². The van der Waals surface area contributed by atoms with E-state index in [0.717, 1.165) is 16.3 Å². The highest BCUT2D eigenvalue weighted by Crippen LogP contribution is 2.23. The number of carbonyl (C=O) groups excluding carboxylic acids is 2. The normalized spacial score (nSPS) is 11.8. The molecule has 0 aliphatic rings. The number of fused-ring (bicyclic) bond motifs is 1. The molecule has 5 heteroatoms. The number of amides is 2. The predicted molar refractivity (Wildman–Crippen MR) is 104 cm³/mol. The average Bonchev–Trinajstić information content (AvgIpc) is 2.66. The fraction of sp³-hybridized carbons (Fsp3) is 0.143. The standard InChI is InChI=1S/C21H19ClN2O2/c1-14(18-8-4-6-15-5-2-3-7-19(15)18)24-20(25)13-23-21(26)16-9-11-17(22)12-10-16/h2-12,14H,13H2,1H3,(H,23,26)(H,24,25). The van der Waals surface area contributed by atoms with Crippen molar-refractivity contribution in [2.24, 2.45) is 0 Å². The van der Waals surface area contributed by atoms with Crippen molar-refractivity contribution in [1.29, 1.82) is 0 Å². The van der Waals surface area contributed by atoms with Crippen LogP contribution in [0.5, 0.6) is 0 Å². The molecule has 3 aromatic rings. The van der Waals surface area contributed by atoms with Crippen molar-refractivity contribution in [1.82, 2.24) is 10.6 Å². The number of carbonyl (C=O) groups is 2. The molecule has 0 fully saturated rings. The molecule has 3 aromatic carbocycles. The molecule has 26 heavy (non-hydrogen) atoms. The Balaban J connectivity index is 1.60. The van der Waals surface area contributed by atoms with E-state index >= 15 is 0 Å². The summed E-state index contributed by atoms with van der Waals surface area (Å²) in [6.45, 7) is 1.84. The first-order valence-corrected chi connectivity index (χ1v) is 8.73. The van der Waals surface area contributed by atoms with E-state index in [2.05, 4.69) is 10.6 Å². The third kappa shape index (κ3) is 4.21. The van der Waals surface area contributed by atoms with E-state index in [-0.39, 0.29) is 24.4 Å². The van der Waals surface area contributed by atoms with Crippen molar-refractivity contribution < 1.29 is 9.59 Å². The van der Waals surface area contributed by atoms with E-state index in [4.69, 9.17) is 11.6 Å². The van der Waals surface area contributed by atoms with Gasteiger partial charge < -0.3 is 10.6 Å². The van der Waals surface area contributed by atoms with E-state index in [0.29, 0.717) is 10.6 Å². The molecule has 0 aliphatic carbocycles. The Morgan fingerprint density at radius 2 is 1.65 bits per heavy atom. The highest BCUT2D eigenvalue weighted by molar-refractivity contribution is 6.30. The minimum absolute atomic E-state index is 0.0867. The Labute approximate surface area is 157 Å². The van der Waals surface area contributed by atoms with E-state index in [1.807, 2.05) is 49.4 Å². The molecular weight excluding hydrogens is 348 g/mol. The van der Waals surface area contributed by atoms with Crippen molar-refractivity contribution in [2.75, 3.05) is 6.54 Å². The van der Waals surface area contributed by atoms with Crippen LogP contribution < -0.4 is 10.6 Å². The monoisotopic (exact) mass is 366 g/mol. The second kappa shape index (κ2) is 8.02. The Morgan fingerprint density at radius 3 is 2.42 bits per heavy atom. The zero-order chi connectivity index (χ0) is 18.5. The largest absolute Gasteiger partial charge is 0.348 e. The lowest BCUT2D eigenvalue weighted by atomic mass is 10.00. The Bertz CT molecular complexity index is 933. The van der Waals surface area contributed by atoms with Crippen molar-refractivity contribution in [2.45, 2.75) is 13.0 Å². The summed E-state index contributed by atoms with van der Waals surface area (Å²) in [5.41, 5.74) is 1.50. The van der Waals surface area contributed by atoms with Gasteiger partial charge in [-0.05, 0) is 47.5 Å². The van der Waals surface area contributed by atoms with E-state index in [1.54, 1.807) is 24.3 Å². The number of halogens is 1. The summed E-state index contributed by atoms with van der Waals surface area (Å²) in [6, 6.07) is 20.4. The summed E-state index contributed by atoms with van der Waals surface area (Å²) < 4.78 is 0. The summed E-state index contributed by atoms with van der Waals surface area (Å²) in [7, 11) is 0. The molecule has 0 aliphatic heterocycles.